The molecule has 0 saturated heterocycles. The lowest BCUT2D eigenvalue weighted by atomic mass is 10.0. The highest BCUT2D eigenvalue weighted by atomic mass is 35.5. The molecule has 6 nitrogen and oxygen atoms in total. The Morgan fingerprint density at radius 2 is 1.54 bits per heavy atom. The fraction of sp³-hybridized carbons (Fsp3) is 0.188. The van der Waals surface area contributed by atoms with Crippen LogP contribution in [0.3, 0.4) is 0 Å². The zero-order valence-electron chi connectivity index (χ0n) is 22.4. The van der Waals surface area contributed by atoms with Gasteiger partial charge in [-0.05, 0) is 53.1 Å². The summed E-state index contributed by atoms with van der Waals surface area (Å²) in [5.41, 5.74) is 2.43. The summed E-state index contributed by atoms with van der Waals surface area (Å²) in [7, 11) is 1.59. The Morgan fingerprint density at radius 3 is 2.22 bits per heavy atom. The van der Waals surface area contributed by atoms with Crippen molar-refractivity contribution >= 4 is 46.6 Å². The summed E-state index contributed by atoms with van der Waals surface area (Å²) in [6.45, 7) is 0.0314. The summed E-state index contributed by atoms with van der Waals surface area (Å²) < 4.78 is 11.1. The van der Waals surface area contributed by atoms with Gasteiger partial charge in [-0.2, -0.15) is 0 Å². The predicted molar refractivity (Wildman–Crippen MR) is 163 cm³/mol. The molecule has 212 valence electrons. The topological polar surface area (TPSA) is 67.9 Å². The monoisotopic (exact) mass is 610 g/mol. The van der Waals surface area contributed by atoms with E-state index in [-0.39, 0.29) is 37.9 Å². The number of amides is 2. The summed E-state index contributed by atoms with van der Waals surface area (Å²) in [4.78, 5) is 29.1. The molecule has 0 bridgehead atoms. The van der Waals surface area contributed by atoms with Crippen LogP contribution in [0.2, 0.25) is 15.1 Å². The first-order valence-electron chi connectivity index (χ1n) is 12.9. The first-order chi connectivity index (χ1) is 19.8. The SMILES string of the molecule is COc1ccc(CN(C(=O)COc2ccccc2Cl)[C@H](Cc2ccccc2)C(=O)NCc2ccc(Cl)cc2Cl)cc1. The highest BCUT2D eigenvalue weighted by Crippen LogP contribution is 2.24. The van der Waals surface area contributed by atoms with Gasteiger partial charge in [0.2, 0.25) is 5.91 Å². The van der Waals surface area contributed by atoms with E-state index in [0.717, 1.165) is 11.1 Å². The van der Waals surface area contributed by atoms with E-state index in [1.807, 2.05) is 54.6 Å². The predicted octanol–water partition coefficient (Wildman–Crippen LogP) is 6.99. The lowest BCUT2D eigenvalue weighted by Crippen LogP contribution is -2.51. The van der Waals surface area contributed by atoms with E-state index in [2.05, 4.69) is 5.32 Å². The standard InChI is InChI=1S/C32H29Cl3N2O4/c1-40-26-15-11-23(12-16-26)20-37(31(38)21-41-30-10-6-5-9-27(30)34)29(17-22-7-3-2-4-8-22)32(39)36-19-24-13-14-25(33)18-28(24)35/h2-16,18,29H,17,19-21H2,1H3,(H,36,39)/t29-/m1/s1. The van der Waals surface area contributed by atoms with Gasteiger partial charge < -0.3 is 19.7 Å². The minimum atomic E-state index is -0.854. The van der Waals surface area contributed by atoms with Gasteiger partial charge in [0.15, 0.2) is 6.61 Å². The number of halogens is 3. The van der Waals surface area contributed by atoms with Crippen molar-refractivity contribution in [3.8, 4) is 11.5 Å². The van der Waals surface area contributed by atoms with E-state index < -0.39 is 6.04 Å². The van der Waals surface area contributed by atoms with Crippen molar-refractivity contribution < 1.29 is 19.1 Å². The highest BCUT2D eigenvalue weighted by Gasteiger charge is 2.31. The Labute approximate surface area is 254 Å². The number of hydrogen-bond acceptors (Lipinski definition) is 4. The van der Waals surface area contributed by atoms with Crippen LogP contribution in [0.15, 0.2) is 97.1 Å². The molecule has 0 fully saturated rings. The van der Waals surface area contributed by atoms with E-state index in [1.165, 1.54) is 4.90 Å². The first kappa shape index (κ1) is 30.3. The van der Waals surface area contributed by atoms with Crippen LogP contribution < -0.4 is 14.8 Å². The number of ether oxygens (including phenoxy) is 2. The van der Waals surface area contributed by atoms with Crippen LogP contribution in [0.25, 0.3) is 0 Å². The third-order valence-electron chi connectivity index (χ3n) is 6.44. The molecule has 0 saturated carbocycles. The number of nitrogens with zero attached hydrogens (tertiary/aromatic N) is 1. The zero-order valence-corrected chi connectivity index (χ0v) is 24.6. The molecule has 0 radical (unpaired) electrons. The quantitative estimate of drug-likeness (QED) is 0.188. The molecule has 0 unspecified atom stereocenters. The van der Waals surface area contributed by atoms with Gasteiger partial charge in [-0.25, -0.2) is 0 Å². The summed E-state index contributed by atoms with van der Waals surface area (Å²) >= 11 is 18.6. The molecule has 41 heavy (non-hydrogen) atoms. The van der Waals surface area contributed by atoms with Crippen LogP contribution in [0.4, 0.5) is 0 Å². The van der Waals surface area contributed by atoms with Gasteiger partial charge in [-0.1, -0.05) is 95.5 Å². The molecule has 0 aromatic heterocycles. The van der Waals surface area contributed by atoms with E-state index >= 15 is 0 Å². The van der Waals surface area contributed by atoms with Gasteiger partial charge in [-0.3, -0.25) is 9.59 Å². The summed E-state index contributed by atoms with van der Waals surface area (Å²) in [6, 6.07) is 28.0. The van der Waals surface area contributed by atoms with Crippen LogP contribution in [0, 0.1) is 0 Å². The maximum absolute atomic E-state index is 13.8. The molecule has 0 aliphatic carbocycles. The van der Waals surface area contributed by atoms with E-state index in [4.69, 9.17) is 44.3 Å². The fourth-order valence-electron chi connectivity index (χ4n) is 4.23. The molecular formula is C32H29Cl3N2O4. The van der Waals surface area contributed by atoms with Gasteiger partial charge in [0.05, 0.1) is 12.1 Å². The Bertz CT molecular complexity index is 1470. The first-order valence-corrected chi connectivity index (χ1v) is 14.0. The molecule has 9 heteroatoms. The molecule has 2 amide bonds. The Morgan fingerprint density at radius 1 is 0.829 bits per heavy atom. The number of benzene rings is 4. The van der Waals surface area contributed by atoms with Crippen LogP contribution in [-0.4, -0.2) is 36.5 Å². The number of hydrogen-bond donors (Lipinski definition) is 1. The minimum Gasteiger partial charge on any atom is -0.497 e. The van der Waals surface area contributed by atoms with Gasteiger partial charge in [-0.15, -0.1) is 0 Å². The molecule has 1 atom stereocenters. The lowest BCUT2D eigenvalue weighted by Gasteiger charge is -2.31. The normalized spacial score (nSPS) is 11.4. The zero-order chi connectivity index (χ0) is 29.2. The number of nitrogens with one attached hydrogen (secondary N) is 1. The molecule has 0 aliphatic rings. The molecule has 1 N–H and O–H groups in total. The van der Waals surface area contributed by atoms with Crippen LogP contribution in [-0.2, 0) is 29.1 Å². The van der Waals surface area contributed by atoms with Gasteiger partial charge in [0.1, 0.15) is 17.5 Å². The van der Waals surface area contributed by atoms with Gasteiger partial charge >= 0.3 is 0 Å². The van der Waals surface area contributed by atoms with Crippen LogP contribution in [0.5, 0.6) is 11.5 Å². The molecule has 0 spiro atoms. The second kappa shape index (κ2) is 14.8. The number of carbonyl (C=O) groups excluding carboxylic acids is 2. The Kier molecular flexibility index (Phi) is 10.9. The molecule has 0 heterocycles. The molecule has 0 aliphatic heterocycles. The van der Waals surface area contributed by atoms with Crippen molar-refractivity contribution in [1.82, 2.24) is 10.2 Å². The van der Waals surface area contributed by atoms with Crippen molar-refractivity contribution in [2.45, 2.75) is 25.6 Å². The van der Waals surface area contributed by atoms with E-state index in [0.29, 0.717) is 32.1 Å². The Hall–Kier alpha value is -3.71. The van der Waals surface area contributed by atoms with E-state index in [9.17, 15) is 9.59 Å². The maximum atomic E-state index is 13.8. The second-order valence-corrected chi connectivity index (χ2v) is 10.5. The second-order valence-electron chi connectivity index (χ2n) is 9.25. The largest absolute Gasteiger partial charge is 0.497 e. The average Bonchev–Trinajstić information content (AvgIpc) is 2.98. The molecule has 4 rings (SSSR count). The third kappa shape index (κ3) is 8.64. The summed E-state index contributed by atoms with van der Waals surface area (Å²) in [5.74, 6) is 0.362. The van der Waals surface area contributed by atoms with Gasteiger partial charge in [0, 0.05) is 29.6 Å². The van der Waals surface area contributed by atoms with Crippen molar-refractivity contribution in [2.75, 3.05) is 13.7 Å². The third-order valence-corrected chi connectivity index (χ3v) is 7.34. The van der Waals surface area contributed by atoms with Crippen LogP contribution in [0.1, 0.15) is 16.7 Å². The number of para-hydroxylation sites is 1. The van der Waals surface area contributed by atoms with E-state index in [1.54, 1.807) is 49.6 Å². The molecule has 4 aromatic carbocycles. The Balaban J connectivity index is 1.63. The average molecular weight is 612 g/mol. The van der Waals surface area contributed by atoms with Crippen molar-refractivity contribution in [2.24, 2.45) is 0 Å². The highest BCUT2D eigenvalue weighted by molar-refractivity contribution is 6.35. The fourth-order valence-corrected chi connectivity index (χ4v) is 4.90. The van der Waals surface area contributed by atoms with Crippen molar-refractivity contribution in [3.05, 3.63) is 129 Å². The molecule has 4 aromatic rings. The van der Waals surface area contributed by atoms with Gasteiger partial charge in [0.25, 0.3) is 5.91 Å². The summed E-state index contributed by atoms with van der Waals surface area (Å²) in [6.07, 6.45) is 0.287. The number of carbonyl (C=O) groups is 2. The van der Waals surface area contributed by atoms with Crippen molar-refractivity contribution in [1.29, 1.82) is 0 Å². The number of methoxy groups -OCH3 is 1. The van der Waals surface area contributed by atoms with Crippen LogP contribution >= 0.6 is 34.8 Å². The lowest BCUT2D eigenvalue weighted by molar-refractivity contribution is -0.142. The molecular weight excluding hydrogens is 583 g/mol. The maximum Gasteiger partial charge on any atom is 0.261 e. The summed E-state index contributed by atoms with van der Waals surface area (Å²) in [5, 5.41) is 4.29. The number of rotatable bonds is 12. The van der Waals surface area contributed by atoms with Crippen molar-refractivity contribution in [3.63, 3.8) is 0 Å². The smallest absolute Gasteiger partial charge is 0.261 e. The minimum absolute atomic E-state index is 0.167.